The molecule has 0 fully saturated rings. The number of hydrogen-bond acceptors (Lipinski definition) is 5. The quantitative estimate of drug-likeness (QED) is 0.728. The highest BCUT2D eigenvalue weighted by atomic mass is 16.6. The Morgan fingerprint density at radius 3 is 2.68 bits per heavy atom. The average molecular weight is 267 g/mol. The van der Waals surface area contributed by atoms with Gasteiger partial charge in [0.25, 0.3) is 0 Å². The van der Waals surface area contributed by atoms with Crippen molar-refractivity contribution in [3.8, 4) is 11.5 Å². The van der Waals surface area contributed by atoms with E-state index in [4.69, 9.17) is 19.9 Å². The molecule has 0 saturated heterocycles. The predicted octanol–water partition coefficient (Wildman–Crippen LogP) is 1.88. The van der Waals surface area contributed by atoms with Crippen molar-refractivity contribution in [3.63, 3.8) is 0 Å². The Hall–Kier alpha value is -1.75. The zero-order valence-corrected chi connectivity index (χ0v) is 11.5. The van der Waals surface area contributed by atoms with Gasteiger partial charge in [-0.25, -0.2) is 4.79 Å². The maximum absolute atomic E-state index is 11.3. The molecule has 0 aliphatic carbocycles. The van der Waals surface area contributed by atoms with Crippen molar-refractivity contribution in [3.05, 3.63) is 23.8 Å². The lowest BCUT2D eigenvalue weighted by molar-refractivity contribution is -0.145. The summed E-state index contributed by atoms with van der Waals surface area (Å²) in [6, 6.07) is 5.43. The van der Waals surface area contributed by atoms with Crippen LogP contribution in [0.1, 0.15) is 25.8 Å². The van der Waals surface area contributed by atoms with E-state index < -0.39 is 5.97 Å². The maximum Gasteiger partial charge on any atom is 0.344 e. The molecule has 5 nitrogen and oxygen atoms in total. The molecular weight excluding hydrogens is 246 g/mol. The van der Waals surface area contributed by atoms with Crippen LogP contribution in [0.15, 0.2) is 18.2 Å². The van der Waals surface area contributed by atoms with E-state index >= 15 is 0 Å². The van der Waals surface area contributed by atoms with Crippen molar-refractivity contribution in [2.45, 2.75) is 26.8 Å². The summed E-state index contributed by atoms with van der Waals surface area (Å²) in [5.74, 6) is 0.868. The predicted molar refractivity (Wildman–Crippen MR) is 72.2 cm³/mol. The second kappa shape index (κ2) is 8.37. The molecule has 5 heteroatoms. The molecule has 0 bridgehead atoms. The smallest absolute Gasteiger partial charge is 0.344 e. The van der Waals surface area contributed by atoms with E-state index in [1.807, 2.05) is 19.1 Å². The van der Waals surface area contributed by atoms with Gasteiger partial charge in [-0.05, 0) is 19.4 Å². The van der Waals surface area contributed by atoms with Gasteiger partial charge in [-0.15, -0.1) is 0 Å². The molecule has 2 N–H and O–H groups in total. The molecule has 0 aliphatic rings. The molecule has 106 valence electrons. The SMILES string of the molecule is CCCOc1ccc(CN)c(OCC(=O)OCC)c1. The third-order valence-electron chi connectivity index (χ3n) is 2.38. The van der Waals surface area contributed by atoms with Crippen LogP contribution in [0.3, 0.4) is 0 Å². The van der Waals surface area contributed by atoms with E-state index in [9.17, 15) is 4.79 Å². The molecule has 0 aromatic heterocycles. The molecule has 0 spiro atoms. The van der Waals surface area contributed by atoms with E-state index in [2.05, 4.69) is 0 Å². The van der Waals surface area contributed by atoms with Crippen LogP contribution in [0, 0.1) is 0 Å². The standard InChI is InChI=1S/C14H21NO4/c1-3-7-18-12-6-5-11(9-15)13(8-12)19-10-14(16)17-4-2/h5-6,8H,3-4,7,9-10,15H2,1-2H3. The molecule has 0 saturated carbocycles. The summed E-state index contributed by atoms with van der Waals surface area (Å²) >= 11 is 0. The van der Waals surface area contributed by atoms with Crippen LogP contribution in [0.2, 0.25) is 0 Å². The van der Waals surface area contributed by atoms with Gasteiger partial charge in [0.2, 0.25) is 0 Å². The van der Waals surface area contributed by atoms with Gasteiger partial charge in [0.1, 0.15) is 11.5 Å². The third-order valence-corrected chi connectivity index (χ3v) is 2.38. The number of carbonyl (C=O) groups excluding carboxylic acids is 1. The second-order valence-corrected chi connectivity index (χ2v) is 3.92. The van der Waals surface area contributed by atoms with Crippen LogP contribution < -0.4 is 15.2 Å². The third kappa shape index (κ3) is 5.18. The molecule has 1 rings (SSSR count). The Labute approximate surface area is 113 Å². The molecule has 0 heterocycles. The first-order chi connectivity index (χ1) is 9.21. The molecular formula is C14H21NO4. The first kappa shape index (κ1) is 15.3. The summed E-state index contributed by atoms with van der Waals surface area (Å²) in [4.78, 5) is 11.3. The Balaban J connectivity index is 2.69. The zero-order valence-electron chi connectivity index (χ0n) is 11.5. The average Bonchev–Trinajstić information content (AvgIpc) is 2.43. The van der Waals surface area contributed by atoms with Crippen molar-refractivity contribution in [1.82, 2.24) is 0 Å². The molecule has 0 unspecified atom stereocenters. The molecule has 19 heavy (non-hydrogen) atoms. The lowest BCUT2D eigenvalue weighted by atomic mass is 10.2. The van der Waals surface area contributed by atoms with Gasteiger partial charge in [0.15, 0.2) is 6.61 Å². The fourth-order valence-electron chi connectivity index (χ4n) is 1.49. The van der Waals surface area contributed by atoms with Crippen LogP contribution in [0.4, 0.5) is 0 Å². The van der Waals surface area contributed by atoms with Crippen molar-refractivity contribution >= 4 is 5.97 Å². The number of carbonyl (C=O) groups is 1. The molecule has 1 aromatic rings. The largest absolute Gasteiger partial charge is 0.493 e. The summed E-state index contributed by atoms with van der Waals surface area (Å²) in [6.45, 7) is 4.98. The minimum absolute atomic E-state index is 0.127. The highest BCUT2D eigenvalue weighted by molar-refractivity contribution is 5.71. The van der Waals surface area contributed by atoms with Crippen LogP contribution in [-0.4, -0.2) is 25.8 Å². The topological polar surface area (TPSA) is 70.8 Å². The number of rotatable bonds is 8. The molecule has 0 amide bonds. The Morgan fingerprint density at radius 2 is 2.05 bits per heavy atom. The summed E-state index contributed by atoms with van der Waals surface area (Å²) in [6.07, 6.45) is 0.928. The van der Waals surface area contributed by atoms with E-state index in [0.29, 0.717) is 31.3 Å². The number of esters is 1. The van der Waals surface area contributed by atoms with Gasteiger partial charge in [-0.3, -0.25) is 0 Å². The Kier molecular flexibility index (Phi) is 6.74. The first-order valence-electron chi connectivity index (χ1n) is 6.45. The first-order valence-corrected chi connectivity index (χ1v) is 6.45. The van der Waals surface area contributed by atoms with Gasteiger partial charge in [0.05, 0.1) is 13.2 Å². The summed E-state index contributed by atoms with van der Waals surface area (Å²) in [7, 11) is 0. The van der Waals surface area contributed by atoms with Gasteiger partial charge in [0, 0.05) is 18.2 Å². The number of benzene rings is 1. The van der Waals surface area contributed by atoms with Gasteiger partial charge in [-0.2, -0.15) is 0 Å². The molecule has 0 atom stereocenters. The number of nitrogens with two attached hydrogens (primary N) is 1. The highest BCUT2D eigenvalue weighted by Crippen LogP contribution is 2.24. The van der Waals surface area contributed by atoms with Gasteiger partial charge in [-0.1, -0.05) is 13.0 Å². The van der Waals surface area contributed by atoms with Crippen molar-refractivity contribution in [1.29, 1.82) is 0 Å². The number of ether oxygens (including phenoxy) is 3. The fourth-order valence-corrected chi connectivity index (χ4v) is 1.49. The Bertz CT molecular complexity index is 406. The minimum Gasteiger partial charge on any atom is -0.493 e. The van der Waals surface area contributed by atoms with E-state index in [1.54, 1.807) is 13.0 Å². The van der Waals surface area contributed by atoms with E-state index in [1.165, 1.54) is 0 Å². The monoisotopic (exact) mass is 267 g/mol. The van der Waals surface area contributed by atoms with Crippen molar-refractivity contribution in [2.75, 3.05) is 19.8 Å². The maximum atomic E-state index is 11.3. The molecule has 0 aliphatic heterocycles. The fraction of sp³-hybridized carbons (Fsp3) is 0.500. The lowest BCUT2D eigenvalue weighted by Crippen LogP contribution is -2.15. The van der Waals surface area contributed by atoms with Crippen LogP contribution >= 0.6 is 0 Å². The van der Waals surface area contributed by atoms with Crippen LogP contribution in [-0.2, 0) is 16.1 Å². The van der Waals surface area contributed by atoms with Crippen molar-refractivity contribution in [2.24, 2.45) is 5.73 Å². The molecule has 0 radical (unpaired) electrons. The second-order valence-electron chi connectivity index (χ2n) is 3.92. The summed E-state index contributed by atoms with van der Waals surface area (Å²) in [5, 5.41) is 0. The van der Waals surface area contributed by atoms with E-state index in [-0.39, 0.29) is 6.61 Å². The minimum atomic E-state index is -0.398. The van der Waals surface area contributed by atoms with E-state index in [0.717, 1.165) is 12.0 Å². The van der Waals surface area contributed by atoms with Gasteiger partial charge < -0.3 is 19.9 Å². The molecule has 1 aromatic carbocycles. The summed E-state index contributed by atoms with van der Waals surface area (Å²) in [5.41, 5.74) is 6.46. The lowest BCUT2D eigenvalue weighted by Gasteiger charge is -2.12. The van der Waals surface area contributed by atoms with Gasteiger partial charge >= 0.3 is 5.97 Å². The zero-order chi connectivity index (χ0) is 14.1. The van der Waals surface area contributed by atoms with Crippen LogP contribution in [0.5, 0.6) is 11.5 Å². The number of hydrogen-bond donors (Lipinski definition) is 1. The highest BCUT2D eigenvalue weighted by Gasteiger charge is 2.08. The van der Waals surface area contributed by atoms with Crippen LogP contribution in [0.25, 0.3) is 0 Å². The summed E-state index contributed by atoms with van der Waals surface area (Å²) < 4.78 is 15.7. The van der Waals surface area contributed by atoms with Crippen molar-refractivity contribution < 1.29 is 19.0 Å². The normalized spacial score (nSPS) is 10.1. The Morgan fingerprint density at radius 1 is 1.26 bits per heavy atom.